The number of primary amides is 1. The summed E-state index contributed by atoms with van der Waals surface area (Å²) in [6.07, 6.45) is 1.36. The number of aryl methyl sites for hydroxylation is 1. The molecule has 2 rings (SSSR count). The fourth-order valence-electron chi connectivity index (χ4n) is 2.12. The topological polar surface area (TPSA) is 94.2 Å². The maximum Gasteiger partial charge on any atom is 0.265 e. The predicted molar refractivity (Wildman–Crippen MR) is 86.8 cm³/mol. The fourth-order valence-corrected chi connectivity index (χ4v) is 4.04. The van der Waals surface area contributed by atoms with Gasteiger partial charge >= 0.3 is 0 Å². The van der Waals surface area contributed by atoms with Crippen molar-refractivity contribution in [2.75, 3.05) is 0 Å². The molecular weight excluding hydrogens is 370 g/mol. The summed E-state index contributed by atoms with van der Waals surface area (Å²) in [5, 5.41) is 0. The molecule has 3 N–H and O–H groups in total. The molecule has 0 fully saturated rings. The number of nitrogens with one attached hydrogen (secondary N) is 1. The molecule has 1 aromatic carbocycles. The lowest BCUT2D eigenvalue weighted by molar-refractivity contribution is 0.0992. The smallest absolute Gasteiger partial charge is 0.265 e. The van der Waals surface area contributed by atoms with Gasteiger partial charge in [0.1, 0.15) is 10.6 Å². The Bertz CT molecular complexity index is 814. The van der Waals surface area contributed by atoms with E-state index in [2.05, 4.69) is 20.7 Å². The zero-order chi connectivity index (χ0) is 16.5. The monoisotopic (exact) mass is 385 g/mol. The summed E-state index contributed by atoms with van der Waals surface area (Å²) in [5.41, 5.74) is 6.15. The predicted octanol–water partition coefficient (Wildman–Crippen LogP) is 1.93. The van der Waals surface area contributed by atoms with E-state index in [0.717, 1.165) is 10.0 Å². The summed E-state index contributed by atoms with van der Waals surface area (Å²) < 4.78 is 29.6. The summed E-state index contributed by atoms with van der Waals surface area (Å²) in [6.45, 7) is 1.75. The molecule has 8 heteroatoms. The third-order valence-corrected chi connectivity index (χ3v) is 5.48. The van der Waals surface area contributed by atoms with Gasteiger partial charge in [0.05, 0.1) is 0 Å². The fraction of sp³-hybridized carbons (Fsp3) is 0.214. The molecule has 0 aliphatic heterocycles. The first-order chi connectivity index (χ1) is 10.2. The third-order valence-electron chi connectivity index (χ3n) is 3.25. The van der Waals surface area contributed by atoms with Crippen LogP contribution in [-0.2, 0) is 17.1 Å². The van der Waals surface area contributed by atoms with Crippen LogP contribution >= 0.6 is 15.9 Å². The summed E-state index contributed by atoms with van der Waals surface area (Å²) in [4.78, 5) is 11.2. The highest BCUT2D eigenvalue weighted by molar-refractivity contribution is 9.10. The number of nitrogens with zero attached hydrogens (tertiary/aromatic N) is 1. The number of hydrogen-bond donors (Lipinski definition) is 2. The van der Waals surface area contributed by atoms with Gasteiger partial charge in [-0.2, -0.15) is 0 Å². The van der Waals surface area contributed by atoms with Crippen molar-refractivity contribution in [3.8, 4) is 0 Å². The summed E-state index contributed by atoms with van der Waals surface area (Å²) in [6, 6.07) is 8.18. The summed E-state index contributed by atoms with van der Waals surface area (Å²) >= 11 is 3.40. The number of rotatable bonds is 5. The second kappa shape index (κ2) is 6.23. The quantitative estimate of drug-likeness (QED) is 0.822. The second-order valence-corrected chi connectivity index (χ2v) is 7.47. The number of carbonyl (C=O) groups is 1. The van der Waals surface area contributed by atoms with Crippen molar-refractivity contribution in [3.63, 3.8) is 0 Å². The molecule has 6 nitrogen and oxygen atoms in total. The van der Waals surface area contributed by atoms with E-state index in [0.29, 0.717) is 0 Å². The average molecular weight is 386 g/mol. The van der Waals surface area contributed by atoms with E-state index in [1.54, 1.807) is 14.0 Å². The normalized spacial score (nSPS) is 13.0. The summed E-state index contributed by atoms with van der Waals surface area (Å²) in [7, 11) is -2.19. The van der Waals surface area contributed by atoms with Gasteiger partial charge in [-0.05, 0) is 24.6 Å². The number of sulfonamides is 1. The standard InChI is InChI=1S/C14H16BrN3O3S/c1-9(11-5-3-4-6-12(11)15)17-22(20,21)10-7-13(14(16)19)18(2)8-10/h3-9,17H,1-2H3,(H2,16,19). The van der Waals surface area contributed by atoms with Crippen molar-refractivity contribution >= 4 is 31.9 Å². The largest absolute Gasteiger partial charge is 0.364 e. The molecule has 0 aliphatic rings. The van der Waals surface area contributed by atoms with E-state index in [9.17, 15) is 13.2 Å². The van der Waals surface area contributed by atoms with Crippen molar-refractivity contribution < 1.29 is 13.2 Å². The minimum absolute atomic E-state index is 0.00250. The molecule has 22 heavy (non-hydrogen) atoms. The number of benzene rings is 1. The lowest BCUT2D eigenvalue weighted by atomic mass is 10.1. The Morgan fingerprint density at radius 1 is 1.36 bits per heavy atom. The highest BCUT2D eigenvalue weighted by Crippen LogP contribution is 2.24. The Morgan fingerprint density at radius 3 is 2.55 bits per heavy atom. The van der Waals surface area contributed by atoms with Gasteiger partial charge in [0, 0.05) is 23.8 Å². The van der Waals surface area contributed by atoms with Gasteiger partial charge in [-0.15, -0.1) is 0 Å². The van der Waals surface area contributed by atoms with Gasteiger partial charge in [0.15, 0.2) is 0 Å². The van der Waals surface area contributed by atoms with Crippen LogP contribution in [0.3, 0.4) is 0 Å². The molecule has 1 unspecified atom stereocenters. The SMILES string of the molecule is CC(NS(=O)(=O)c1cc(C(N)=O)n(C)c1)c1ccccc1Br. The van der Waals surface area contributed by atoms with Crippen LogP contribution in [0, 0.1) is 0 Å². The zero-order valence-corrected chi connectivity index (χ0v) is 14.5. The second-order valence-electron chi connectivity index (χ2n) is 4.90. The number of hydrogen-bond acceptors (Lipinski definition) is 3. The molecule has 0 bridgehead atoms. The van der Waals surface area contributed by atoms with Crippen molar-refractivity contribution in [1.29, 1.82) is 0 Å². The Labute approximate surface area is 137 Å². The van der Waals surface area contributed by atoms with Crippen LogP contribution in [0.4, 0.5) is 0 Å². The van der Waals surface area contributed by atoms with Gasteiger partial charge < -0.3 is 10.3 Å². The van der Waals surface area contributed by atoms with Crippen molar-refractivity contribution in [2.24, 2.45) is 12.8 Å². The molecule has 1 amide bonds. The molecule has 0 radical (unpaired) electrons. The van der Waals surface area contributed by atoms with Crippen molar-refractivity contribution in [2.45, 2.75) is 17.9 Å². The van der Waals surface area contributed by atoms with Crippen LogP contribution in [0.1, 0.15) is 29.0 Å². The van der Waals surface area contributed by atoms with Crippen LogP contribution < -0.4 is 10.5 Å². The number of aromatic nitrogens is 1. The van der Waals surface area contributed by atoms with Crippen LogP contribution in [-0.4, -0.2) is 18.9 Å². The first-order valence-electron chi connectivity index (χ1n) is 6.45. The minimum atomic E-state index is -3.76. The number of amides is 1. The van der Waals surface area contributed by atoms with Gasteiger partial charge in [-0.3, -0.25) is 4.79 Å². The van der Waals surface area contributed by atoms with Gasteiger partial charge in [0.25, 0.3) is 5.91 Å². The highest BCUT2D eigenvalue weighted by Gasteiger charge is 2.22. The number of nitrogens with two attached hydrogens (primary N) is 1. The van der Waals surface area contributed by atoms with E-state index in [4.69, 9.17) is 5.73 Å². The first kappa shape index (κ1) is 16.7. The lowest BCUT2D eigenvalue weighted by Crippen LogP contribution is -2.26. The van der Waals surface area contributed by atoms with E-state index >= 15 is 0 Å². The Morgan fingerprint density at radius 2 is 2.00 bits per heavy atom. The molecular formula is C14H16BrN3O3S. The van der Waals surface area contributed by atoms with Crippen molar-refractivity contribution in [1.82, 2.24) is 9.29 Å². The molecule has 1 aromatic heterocycles. The molecule has 0 aliphatic carbocycles. The van der Waals surface area contributed by atoms with Crippen LogP contribution in [0.5, 0.6) is 0 Å². The van der Waals surface area contributed by atoms with E-state index in [-0.39, 0.29) is 10.6 Å². The molecule has 1 heterocycles. The molecule has 2 aromatic rings. The Kier molecular flexibility index (Phi) is 4.74. The number of carbonyl (C=O) groups excluding carboxylic acids is 1. The molecule has 0 saturated carbocycles. The van der Waals surface area contributed by atoms with Crippen molar-refractivity contribution in [3.05, 3.63) is 52.3 Å². The lowest BCUT2D eigenvalue weighted by Gasteiger charge is -2.15. The van der Waals surface area contributed by atoms with E-state index in [1.165, 1.54) is 16.8 Å². The first-order valence-corrected chi connectivity index (χ1v) is 8.73. The number of halogens is 1. The summed E-state index contributed by atoms with van der Waals surface area (Å²) in [5.74, 6) is -0.678. The van der Waals surface area contributed by atoms with Crippen LogP contribution in [0.25, 0.3) is 0 Å². The van der Waals surface area contributed by atoms with Gasteiger partial charge in [-0.1, -0.05) is 34.1 Å². The van der Waals surface area contributed by atoms with Crippen LogP contribution in [0.2, 0.25) is 0 Å². The van der Waals surface area contributed by atoms with E-state index in [1.807, 2.05) is 24.3 Å². The molecule has 0 saturated heterocycles. The minimum Gasteiger partial charge on any atom is -0.364 e. The Balaban J connectivity index is 2.30. The van der Waals surface area contributed by atoms with Gasteiger partial charge in [-0.25, -0.2) is 13.1 Å². The van der Waals surface area contributed by atoms with Crippen LogP contribution in [0.15, 0.2) is 45.9 Å². The van der Waals surface area contributed by atoms with Gasteiger partial charge in [0.2, 0.25) is 10.0 Å². The third kappa shape index (κ3) is 3.40. The van der Waals surface area contributed by atoms with E-state index < -0.39 is 22.0 Å². The molecule has 1 atom stereocenters. The average Bonchev–Trinajstić information content (AvgIpc) is 2.81. The zero-order valence-electron chi connectivity index (χ0n) is 12.1. The maximum absolute atomic E-state index is 12.4. The molecule has 0 spiro atoms. The highest BCUT2D eigenvalue weighted by atomic mass is 79.9. The maximum atomic E-state index is 12.4. The Hall–Kier alpha value is -1.64. The molecule has 118 valence electrons.